The number of anilines is 1. The monoisotopic (exact) mass is 384 g/mol. The van der Waals surface area contributed by atoms with Gasteiger partial charge in [-0.25, -0.2) is 0 Å². The summed E-state index contributed by atoms with van der Waals surface area (Å²) in [7, 11) is 0. The molecule has 2 amide bonds. The summed E-state index contributed by atoms with van der Waals surface area (Å²) in [4.78, 5) is 24.1. The van der Waals surface area contributed by atoms with Crippen LogP contribution >= 0.6 is 11.3 Å². The quantitative estimate of drug-likeness (QED) is 0.600. The Kier molecular flexibility index (Phi) is 4.66. The molecule has 138 valence electrons. The summed E-state index contributed by atoms with van der Waals surface area (Å²) in [5.41, 5.74) is 1.15. The van der Waals surface area contributed by atoms with Gasteiger partial charge in [0.1, 0.15) is 0 Å². The number of aliphatic hydroxyl groups excluding tert-OH is 1. The Balaban J connectivity index is 1.35. The van der Waals surface area contributed by atoms with E-state index < -0.39 is 17.9 Å². The molecule has 7 nitrogen and oxygen atoms in total. The van der Waals surface area contributed by atoms with Crippen molar-refractivity contribution in [2.45, 2.75) is 6.10 Å². The van der Waals surface area contributed by atoms with Crippen molar-refractivity contribution >= 4 is 38.9 Å². The van der Waals surface area contributed by atoms with Gasteiger partial charge in [-0.3, -0.25) is 9.59 Å². The Morgan fingerprint density at radius 3 is 2.81 bits per heavy atom. The summed E-state index contributed by atoms with van der Waals surface area (Å²) < 4.78 is 11.5. The van der Waals surface area contributed by atoms with Gasteiger partial charge in [-0.15, -0.1) is 11.3 Å². The van der Waals surface area contributed by atoms with Crippen LogP contribution in [0.3, 0.4) is 0 Å². The maximum atomic E-state index is 12.0. The molecule has 1 unspecified atom stereocenters. The lowest BCUT2D eigenvalue weighted by atomic mass is 10.1. The number of amides is 2. The van der Waals surface area contributed by atoms with Crippen LogP contribution in [0.25, 0.3) is 10.1 Å². The Morgan fingerprint density at radius 1 is 1.11 bits per heavy atom. The molecule has 8 heteroatoms. The van der Waals surface area contributed by atoms with E-state index in [-0.39, 0.29) is 13.3 Å². The van der Waals surface area contributed by atoms with Crippen molar-refractivity contribution in [3.8, 4) is 11.5 Å². The molecule has 0 saturated heterocycles. The molecule has 1 aliphatic heterocycles. The van der Waals surface area contributed by atoms with Gasteiger partial charge in [0.25, 0.3) is 0 Å². The van der Waals surface area contributed by atoms with E-state index in [0.717, 1.165) is 15.6 Å². The van der Waals surface area contributed by atoms with Gasteiger partial charge < -0.3 is 25.2 Å². The molecule has 2 heterocycles. The molecule has 3 N–H and O–H groups in total. The topological polar surface area (TPSA) is 96.9 Å². The van der Waals surface area contributed by atoms with Gasteiger partial charge in [-0.2, -0.15) is 0 Å². The lowest BCUT2D eigenvalue weighted by molar-refractivity contribution is -0.136. The molecular formula is C19H16N2O5S. The van der Waals surface area contributed by atoms with E-state index in [1.165, 1.54) is 11.3 Å². The first kappa shape index (κ1) is 17.3. The molecule has 1 aromatic heterocycles. The molecule has 2 aromatic carbocycles. The minimum Gasteiger partial charge on any atom is -0.454 e. The van der Waals surface area contributed by atoms with Gasteiger partial charge in [0.15, 0.2) is 11.5 Å². The molecule has 0 fully saturated rings. The Hall–Kier alpha value is -3.10. The van der Waals surface area contributed by atoms with E-state index >= 15 is 0 Å². The van der Waals surface area contributed by atoms with Crippen molar-refractivity contribution in [1.29, 1.82) is 0 Å². The van der Waals surface area contributed by atoms with Gasteiger partial charge in [-0.05, 0) is 29.0 Å². The zero-order chi connectivity index (χ0) is 18.8. The van der Waals surface area contributed by atoms with E-state index in [4.69, 9.17) is 9.47 Å². The van der Waals surface area contributed by atoms with Gasteiger partial charge in [-0.1, -0.05) is 18.2 Å². The van der Waals surface area contributed by atoms with Crippen LogP contribution in [0, 0.1) is 0 Å². The van der Waals surface area contributed by atoms with E-state index in [9.17, 15) is 14.7 Å². The van der Waals surface area contributed by atoms with Gasteiger partial charge in [0.2, 0.25) is 6.79 Å². The van der Waals surface area contributed by atoms with Gasteiger partial charge in [0.05, 0.1) is 6.10 Å². The molecule has 0 spiro atoms. The van der Waals surface area contributed by atoms with Crippen LogP contribution in [0.5, 0.6) is 11.5 Å². The maximum absolute atomic E-state index is 12.0. The standard InChI is InChI=1S/C19H16N2O5S/c22-14(13-9-27-17-4-2-1-3-12(13)17)8-20-18(23)19(24)21-11-5-6-15-16(7-11)26-10-25-15/h1-7,9,14,22H,8,10H2,(H,20,23)(H,21,24). The molecule has 0 radical (unpaired) electrons. The molecule has 4 rings (SSSR count). The molecule has 0 saturated carbocycles. The zero-order valence-electron chi connectivity index (χ0n) is 14.1. The van der Waals surface area contributed by atoms with Crippen LogP contribution in [0.1, 0.15) is 11.7 Å². The van der Waals surface area contributed by atoms with Crippen molar-refractivity contribution in [2.75, 3.05) is 18.7 Å². The average molecular weight is 384 g/mol. The minimum atomic E-state index is -0.900. The van der Waals surface area contributed by atoms with Crippen LogP contribution in [0.4, 0.5) is 5.69 Å². The summed E-state index contributed by atoms with van der Waals surface area (Å²) >= 11 is 1.52. The number of aliphatic hydroxyl groups is 1. The number of nitrogens with one attached hydrogen (secondary N) is 2. The number of carbonyl (C=O) groups is 2. The summed E-state index contributed by atoms with van der Waals surface area (Å²) in [6.07, 6.45) is -0.900. The lowest BCUT2D eigenvalue weighted by Crippen LogP contribution is -2.37. The number of hydrogen-bond donors (Lipinski definition) is 3. The maximum Gasteiger partial charge on any atom is 0.313 e. The second kappa shape index (κ2) is 7.26. The normalized spacial score (nSPS) is 13.4. The van der Waals surface area contributed by atoms with Crippen molar-refractivity contribution < 1.29 is 24.2 Å². The van der Waals surface area contributed by atoms with Gasteiger partial charge in [0, 0.05) is 28.6 Å². The predicted octanol–water partition coefficient (Wildman–Crippen LogP) is 2.42. The fourth-order valence-electron chi connectivity index (χ4n) is 2.80. The van der Waals surface area contributed by atoms with Crippen molar-refractivity contribution in [3.63, 3.8) is 0 Å². The molecule has 27 heavy (non-hydrogen) atoms. The number of benzene rings is 2. The van der Waals surface area contributed by atoms with E-state index in [1.54, 1.807) is 18.2 Å². The Morgan fingerprint density at radius 2 is 1.93 bits per heavy atom. The van der Waals surface area contributed by atoms with Crippen LogP contribution in [-0.2, 0) is 9.59 Å². The van der Waals surface area contributed by atoms with Crippen LogP contribution < -0.4 is 20.1 Å². The summed E-state index contributed by atoms with van der Waals surface area (Å²) in [6.45, 7) is 0.0660. The van der Waals surface area contributed by atoms with Crippen LogP contribution in [0.2, 0.25) is 0 Å². The lowest BCUT2D eigenvalue weighted by Gasteiger charge is -2.12. The molecular weight excluding hydrogens is 368 g/mol. The number of thiophene rings is 1. The molecule has 0 aliphatic carbocycles. The minimum absolute atomic E-state index is 0.0614. The molecule has 3 aromatic rings. The summed E-state index contributed by atoms with van der Waals surface area (Å²) in [6, 6.07) is 12.6. The fraction of sp³-hybridized carbons (Fsp3) is 0.158. The smallest absolute Gasteiger partial charge is 0.313 e. The average Bonchev–Trinajstić information content (AvgIpc) is 3.32. The second-order valence-corrected chi connectivity index (χ2v) is 6.85. The van der Waals surface area contributed by atoms with Crippen LogP contribution in [-0.4, -0.2) is 30.3 Å². The highest BCUT2D eigenvalue weighted by Gasteiger charge is 2.19. The molecule has 0 bridgehead atoms. The second-order valence-electron chi connectivity index (χ2n) is 5.94. The largest absolute Gasteiger partial charge is 0.454 e. The summed E-state index contributed by atoms with van der Waals surface area (Å²) in [5, 5.41) is 18.1. The third kappa shape index (κ3) is 3.57. The first-order chi connectivity index (χ1) is 13.1. The number of rotatable bonds is 4. The first-order valence-electron chi connectivity index (χ1n) is 8.25. The van der Waals surface area contributed by atoms with Crippen molar-refractivity contribution in [1.82, 2.24) is 5.32 Å². The van der Waals surface area contributed by atoms with Gasteiger partial charge >= 0.3 is 11.8 Å². The number of hydrogen-bond acceptors (Lipinski definition) is 6. The van der Waals surface area contributed by atoms with E-state index in [0.29, 0.717) is 17.2 Å². The number of ether oxygens (including phenoxy) is 2. The highest BCUT2D eigenvalue weighted by atomic mass is 32.1. The predicted molar refractivity (Wildman–Crippen MR) is 101 cm³/mol. The highest BCUT2D eigenvalue weighted by molar-refractivity contribution is 7.17. The zero-order valence-corrected chi connectivity index (χ0v) is 14.9. The Labute approximate surface area is 158 Å². The van der Waals surface area contributed by atoms with Crippen molar-refractivity contribution in [3.05, 3.63) is 53.4 Å². The molecule has 1 aliphatic rings. The highest BCUT2D eigenvalue weighted by Crippen LogP contribution is 2.34. The van der Waals surface area contributed by atoms with Crippen molar-refractivity contribution in [2.24, 2.45) is 0 Å². The third-order valence-corrected chi connectivity index (χ3v) is 5.14. The number of fused-ring (bicyclic) bond motifs is 2. The Bertz CT molecular complexity index is 1020. The number of carbonyl (C=O) groups excluding carboxylic acids is 2. The third-order valence-electron chi connectivity index (χ3n) is 4.16. The van der Waals surface area contributed by atoms with E-state index in [1.807, 2.05) is 29.6 Å². The van der Waals surface area contributed by atoms with E-state index in [2.05, 4.69) is 10.6 Å². The SMILES string of the molecule is O=C(NCC(O)c1csc2ccccc12)C(=O)Nc1ccc2c(c1)OCO2. The first-order valence-corrected chi connectivity index (χ1v) is 9.13. The fourth-order valence-corrected chi connectivity index (χ4v) is 3.81. The van der Waals surface area contributed by atoms with Crippen LogP contribution in [0.15, 0.2) is 47.8 Å². The summed E-state index contributed by atoms with van der Waals surface area (Å²) in [5.74, 6) is -0.556. The molecule has 1 atom stereocenters.